The van der Waals surface area contributed by atoms with E-state index in [1.807, 2.05) is 0 Å². The van der Waals surface area contributed by atoms with Crippen LogP contribution in [0.25, 0.3) is 0 Å². The van der Waals surface area contributed by atoms with Gasteiger partial charge in [0.1, 0.15) is 6.04 Å². The van der Waals surface area contributed by atoms with E-state index in [1.54, 1.807) is 0 Å². The first-order valence-corrected chi connectivity index (χ1v) is 11.8. The number of unbranched alkanes of at least 4 members (excludes halogenated alkanes) is 14. The summed E-state index contributed by atoms with van der Waals surface area (Å²) in [6, 6.07) is -1.04. The average Bonchev–Trinajstić information content (AvgIpc) is 2.67. The summed E-state index contributed by atoms with van der Waals surface area (Å²) in [6.07, 6.45) is 19.3. The van der Waals surface area contributed by atoms with Gasteiger partial charge in [-0.25, -0.2) is 4.79 Å². The van der Waals surface area contributed by atoms with E-state index in [0.29, 0.717) is 6.42 Å². The van der Waals surface area contributed by atoms with Gasteiger partial charge >= 0.3 is 5.97 Å². The van der Waals surface area contributed by atoms with Crippen molar-refractivity contribution >= 4 is 76.9 Å². The van der Waals surface area contributed by atoms with Gasteiger partial charge in [0.15, 0.2) is 0 Å². The molecule has 0 bridgehead atoms. The summed E-state index contributed by atoms with van der Waals surface area (Å²) in [4.78, 5) is 33.7. The standard InChI is InChI=1S/C23H44N2O4.2Na/c1-2-3-4-5-6-7-8-9-10-11-12-13-14-15-16-17-22(27)25-20(23(28)29)18-19-21(24)26;;/h20H,2-19H2,1H3,(H2,24,26)(H,25,27)(H,28,29);;/t20-;;/m0../s1. The fraction of sp³-hybridized carbons (Fsp3) is 0.870. The molecule has 1 atom stereocenters. The summed E-state index contributed by atoms with van der Waals surface area (Å²) < 4.78 is 0. The predicted molar refractivity (Wildman–Crippen MR) is 129 cm³/mol. The minimum absolute atomic E-state index is 0. The molecule has 6 nitrogen and oxygen atoms in total. The number of primary amides is 1. The Bertz CT molecular complexity index is 451. The van der Waals surface area contributed by atoms with E-state index < -0.39 is 17.9 Å². The molecule has 0 rings (SSSR count). The molecule has 2 radical (unpaired) electrons. The van der Waals surface area contributed by atoms with Crippen LogP contribution in [0.4, 0.5) is 0 Å². The maximum atomic E-state index is 11.8. The maximum Gasteiger partial charge on any atom is 0.326 e. The molecule has 0 unspecified atom stereocenters. The van der Waals surface area contributed by atoms with Crippen molar-refractivity contribution in [3.05, 3.63) is 0 Å². The van der Waals surface area contributed by atoms with Crippen LogP contribution in [0.3, 0.4) is 0 Å². The zero-order valence-corrected chi connectivity index (χ0v) is 24.6. The Hall–Kier alpha value is 0.410. The second-order valence-corrected chi connectivity index (χ2v) is 8.16. The number of hydrogen-bond acceptors (Lipinski definition) is 3. The summed E-state index contributed by atoms with van der Waals surface area (Å²) in [5.41, 5.74) is 5.03. The molecule has 0 aromatic heterocycles. The second kappa shape index (κ2) is 26.7. The number of nitrogens with one attached hydrogen (secondary N) is 1. The fourth-order valence-electron chi connectivity index (χ4n) is 3.47. The Balaban J connectivity index is -0.00000392. The van der Waals surface area contributed by atoms with Crippen LogP contribution in [0, 0.1) is 0 Å². The molecule has 0 aromatic rings. The topological polar surface area (TPSA) is 109 Å². The van der Waals surface area contributed by atoms with Gasteiger partial charge in [-0.05, 0) is 12.8 Å². The molecule has 0 aliphatic heterocycles. The van der Waals surface area contributed by atoms with Crippen LogP contribution >= 0.6 is 0 Å². The van der Waals surface area contributed by atoms with E-state index in [-0.39, 0.29) is 77.9 Å². The van der Waals surface area contributed by atoms with E-state index in [0.717, 1.165) is 19.3 Å². The second-order valence-electron chi connectivity index (χ2n) is 8.16. The van der Waals surface area contributed by atoms with Crippen LogP contribution in [0.15, 0.2) is 0 Å². The van der Waals surface area contributed by atoms with Crippen molar-refractivity contribution in [1.82, 2.24) is 5.32 Å². The number of hydrogen-bond donors (Lipinski definition) is 3. The number of rotatable bonds is 21. The maximum absolute atomic E-state index is 11.8. The Morgan fingerprint density at radius 3 is 1.45 bits per heavy atom. The van der Waals surface area contributed by atoms with Crippen LogP contribution in [0.2, 0.25) is 0 Å². The van der Waals surface area contributed by atoms with Gasteiger partial charge in [-0.3, -0.25) is 9.59 Å². The third-order valence-corrected chi connectivity index (χ3v) is 5.32. The smallest absolute Gasteiger partial charge is 0.326 e. The molecule has 172 valence electrons. The van der Waals surface area contributed by atoms with Crippen molar-refractivity contribution in [2.75, 3.05) is 0 Å². The Morgan fingerprint density at radius 1 is 0.710 bits per heavy atom. The van der Waals surface area contributed by atoms with Crippen molar-refractivity contribution in [2.24, 2.45) is 5.73 Å². The fourth-order valence-corrected chi connectivity index (χ4v) is 3.47. The zero-order valence-electron chi connectivity index (χ0n) is 20.6. The summed E-state index contributed by atoms with van der Waals surface area (Å²) in [5.74, 6) is -1.96. The average molecular weight is 459 g/mol. The van der Waals surface area contributed by atoms with Crippen molar-refractivity contribution < 1.29 is 19.5 Å². The van der Waals surface area contributed by atoms with Gasteiger partial charge in [0.25, 0.3) is 0 Å². The van der Waals surface area contributed by atoms with Crippen LogP contribution in [-0.2, 0) is 14.4 Å². The van der Waals surface area contributed by atoms with Gasteiger partial charge in [0.2, 0.25) is 11.8 Å². The summed E-state index contributed by atoms with van der Waals surface area (Å²) in [6.45, 7) is 2.25. The molecule has 31 heavy (non-hydrogen) atoms. The summed E-state index contributed by atoms with van der Waals surface area (Å²) in [7, 11) is 0. The number of amides is 2. The monoisotopic (exact) mass is 458 g/mol. The van der Waals surface area contributed by atoms with Crippen molar-refractivity contribution in [3.8, 4) is 0 Å². The Labute approximate surface area is 234 Å². The SMILES string of the molecule is CCCCCCCCCCCCCCCCCC(=O)N[C@@H](CCC(N)=O)C(=O)O.[Na].[Na]. The van der Waals surface area contributed by atoms with Gasteiger partial charge in [0, 0.05) is 72.0 Å². The van der Waals surface area contributed by atoms with Crippen molar-refractivity contribution in [2.45, 2.75) is 129 Å². The molecule has 0 spiro atoms. The van der Waals surface area contributed by atoms with Gasteiger partial charge < -0.3 is 16.2 Å². The molecular formula is C23H44N2Na2O4. The molecule has 0 aliphatic carbocycles. The van der Waals surface area contributed by atoms with E-state index in [1.165, 1.54) is 77.0 Å². The van der Waals surface area contributed by atoms with E-state index in [4.69, 9.17) is 10.8 Å². The van der Waals surface area contributed by atoms with Crippen molar-refractivity contribution in [1.29, 1.82) is 0 Å². The van der Waals surface area contributed by atoms with Crippen LogP contribution in [0.1, 0.15) is 122 Å². The molecular weight excluding hydrogens is 414 g/mol. The molecule has 0 heterocycles. The third-order valence-electron chi connectivity index (χ3n) is 5.32. The quantitative estimate of drug-likeness (QED) is 0.176. The normalized spacial score (nSPS) is 11.1. The molecule has 0 aliphatic rings. The largest absolute Gasteiger partial charge is 0.480 e. The Kier molecular flexibility index (Phi) is 31.0. The molecule has 0 fully saturated rings. The first-order valence-electron chi connectivity index (χ1n) is 11.8. The predicted octanol–water partition coefficient (Wildman–Crippen LogP) is 4.32. The number of carbonyl (C=O) groups is 3. The van der Waals surface area contributed by atoms with Crippen LogP contribution < -0.4 is 11.1 Å². The van der Waals surface area contributed by atoms with Gasteiger partial charge in [-0.2, -0.15) is 0 Å². The van der Waals surface area contributed by atoms with Crippen molar-refractivity contribution in [3.63, 3.8) is 0 Å². The van der Waals surface area contributed by atoms with E-state index in [2.05, 4.69) is 12.2 Å². The molecule has 0 saturated carbocycles. The molecule has 2 amide bonds. The number of carbonyl (C=O) groups excluding carboxylic acids is 2. The number of carboxylic acid groups (broad SMARTS) is 1. The molecule has 4 N–H and O–H groups in total. The molecule has 8 heteroatoms. The first-order chi connectivity index (χ1) is 14.0. The number of aliphatic carboxylic acids is 1. The van der Waals surface area contributed by atoms with Crippen LogP contribution in [-0.4, -0.2) is 88.0 Å². The van der Waals surface area contributed by atoms with Gasteiger partial charge in [-0.1, -0.05) is 96.8 Å². The third kappa shape index (κ3) is 26.5. The zero-order chi connectivity index (χ0) is 21.7. The number of carboxylic acids is 1. The van der Waals surface area contributed by atoms with Crippen LogP contribution in [0.5, 0.6) is 0 Å². The first kappa shape index (κ1) is 36.0. The molecule has 0 aromatic carbocycles. The summed E-state index contributed by atoms with van der Waals surface area (Å²) in [5, 5.41) is 11.5. The number of nitrogens with two attached hydrogens (primary N) is 1. The molecule has 0 saturated heterocycles. The Morgan fingerprint density at radius 2 is 1.10 bits per heavy atom. The van der Waals surface area contributed by atoms with E-state index >= 15 is 0 Å². The van der Waals surface area contributed by atoms with Gasteiger partial charge in [-0.15, -0.1) is 0 Å². The van der Waals surface area contributed by atoms with E-state index in [9.17, 15) is 14.4 Å². The minimum Gasteiger partial charge on any atom is -0.480 e. The van der Waals surface area contributed by atoms with Gasteiger partial charge in [0.05, 0.1) is 0 Å². The summed E-state index contributed by atoms with van der Waals surface area (Å²) >= 11 is 0. The minimum atomic E-state index is -1.13.